The van der Waals surface area contributed by atoms with Gasteiger partial charge in [0.05, 0.1) is 0 Å². The number of benzene rings is 1. The molecule has 0 fully saturated rings. The first-order chi connectivity index (χ1) is 6.74. The highest BCUT2D eigenvalue weighted by Crippen LogP contribution is 2.22. The molecule has 0 aliphatic rings. The van der Waals surface area contributed by atoms with Crippen molar-refractivity contribution >= 4 is 10.9 Å². The minimum atomic E-state index is 0.449. The highest BCUT2D eigenvalue weighted by Gasteiger charge is 2.06. The molecule has 0 aliphatic heterocycles. The monoisotopic (exact) mass is 190 g/mol. The van der Waals surface area contributed by atoms with Crippen LogP contribution in [-0.4, -0.2) is 4.57 Å². The minimum Gasteiger partial charge on any atom is -0.345 e. The van der Waals surface area contributed by atoms with Crippen molar-refractivity contribution in [3.8, 4) is 0 Å². The number of aryl methyl sites for hydroxylation is 2. The van der Waals surface area contributed by atoms with Crippen LogP contribution < -0.4 is 5.90 Å². The molecular weight excluding hydrogens is 176 g/mol. The van der Waals surface area contributed by atoms with Crippen LogP contribution in [0.15, 0.2) is 24.3 Å². The van der Waals surface area contributed by atoms with E-state index in [4.69, 9.17) is 5.90 Å². The van der Waals surface area contributed by atoms with E-state index in [0.29, 0.717) is 6.61 Å². The maximum atomic E-state index is 5.08. The quantitative estimate of drug-likeness (QED) is 0.734. The molecule has 3 nitrogen and oxygen atoms in total. The second-order valence-corrected chi connectivity index (χ2v) is 3.51. The summed E-state index contributed by atoms with van der Waals surface area (Å²) < 4.78 is 2.11. The first kappa shape index (κ1) is 9.24. The second-order valence-electron chi connectivity index (χ2n) is 3.51. The van der Waals surface area contributed by atoms with Gasteiger partial charge in [-0.25, -0.2) is 5.90 Å². The van der Waals surface area contributed by atoms with Gasteiger partial charge in [-0.2, -0.15) is 0 Å². The van der Waals surface area contributed by atoms with Crippen LogP contribution in [0.4, 0.5) is 0 Å². The van der Waals surface area contributed by atoms with Crippen LogP contribution in [0, 0.1) is 6.92 Å². The summed E-state index contributed by atoms with van der Waals surface area (Å²) in [5.74, 6) is 5.08. The van der Waals surface area contributed by atoms with E-state index >= 15 is 0 Å². The van der Waals surface area contributed by atoms with Crippen molar-refractivity contribution in [2.45, 2.75) is 13.5 Å². The average Bonchev–Trinajstić information content (AvgIpc) is 2.48. The van der Waals surface area contributed by atoms with E-state index in [1.165, 1.54) is 16.5 Å². The van der Waals surface area contributed by atoms with Gasteiger partial charge in [0, 0.05) is 23.6 Å². The SMILES string of the molecule is Cc1cccc2c1cc(CON)n2C. The minimum absolute atomic E-state index is 0.449. The normalized spacial score (nSPS) is 11.1. The van der Waals surface area contributed by atoms with Gasteiger partial charge in [0.2, 0.25) is 0 Å². The predicted molar refractivity (Wildman–Crippen MR) is 56.6 cm³/mol. The molecule has 0 atom stereocenters. The van der Waals surface area contributed by atoms with Gasteiger partial charge >= 0.3 is 0 Å². The van der Waals surface area contributed by atoms with Crippen molar-refractivity contribution in [1.82, 2.24) is 4.57 Å². The van der Waals surface area contributed by atoms with Crippen molar-refractivity contribution < 1.29 is 4.84 Å². The van der Waals surface area contributed by atoms with Crippen molar-refractivity contribution in [1.29, 1.82) is 0 Å². The zero-order valence-electron chi connectivity index (χ0n) is 8.45. The molecule has 14 heavy (non-hydrogen) atoms. The molecule has 1 aromatic carbocycles. The molecule has 0 aliphatic carbocycles. The van der Waals surface area contributed by atoms with Crippen LogP contribution in [0.2, 0.25) is 0 Å². The van der Waals surface area contributed by atoms with Crippen LogP contribution in [0.5, 0.6) is 0 Å². The smallest absolute Gasteiger partial charge is 0.108 e. The van der Waals surface area contributed by atoms with E-state index in [1.807, 2.05) is 7.05 Å². The molecule has 2 rings (SSSR count). The van der Waals surface area contributed by atoms with Crippen LogP contribution in [0.1, 0.15) is 11.3 Å². The number of hydrogen-bond donors (Lipinski definition) is 1. The largest absolute Gasteiger partial charge is 0.345 e. The van der Waals surface area contributed by atoms with Crippen LogP contribution in [0.25, 0.3) is 10.9 Å². The van der Waals surface area contributed by atoms with Gasteiger partial charge in [0.15, 0.2) is 0 Å². The van der Waals surface area contributed by atoms with Gasteiger partial charge in [-0.05, 0) is 24.6 Å². The Morgan fingerprint density at radius 3 is 2.86 bits per heavy atom. The van der Waals surface area contributed by atoms with Gasteiger partial charge in [-0.1, -0.05) is 12.1 Å². The number of nitrogens with two attached hydrogens (primary N) is 1. The molecule has 0 saturated carbocycles. The van der Waals surface area contributed by atoms with E-state index in [1.54, 1.807) is 0 Å². The zero-order chi connectivity index (χ0) is 10.1. The van der Waals surface area contributed by atoms with E-state index in [9.17, 15) is 0 Å². The summed E-state index contributed by atoms with van der Waals surface area (Å²) in [5, 5.41) is 1.27. The molecule has 2 N–H and O–H groups in total. The Labute approximate surface area is 83.0 Å². The molecule has 0 amide bonds. The van der Waals surface area contributed by atoms with Gasteiger partial charge in [0.25, 0.3) is 0 Å². The molecule has 3 heteroatoms. The molecule has 0 spiro atoms. The summed E-state index contributed by atoms with van der Waals surface area (Å²) in [6, 6.07) is 8.39. The number of aromatic nitrogens is 1. The first-order valence-electron chi connectivity index (χ1n) is 4.59. The molecule has 74 valence electrons. The summed E-state index contributed by atoms with van der Waals surface area (Å²) in [4.78, 5) is 4.66. The van der Waals surface area contributed by atoms with Gasteiger partial charge in [-0.3, -0.25) is 4.84 Å². The maximum Gasteiger partial charge on any atom is 0.108 e. The van der Waals surface area contributed by atoms with Gasteiger partial charge in [-0.15, -0.1) is 0 Å². The van der Waals surface area contributed by atoms with Crippen molar-refractivity contribution in [3.63, 3.8) is 0 Å². The van der Waals surface area contributed by atoms with E-state index in [2.05, 4.69) is 40.6 Å². The highest BCUT2D eigenvalue weighted by molar-refractivity contribution is 5.84. The van der Waals surface area contributed by atoms with Crippen LogP contribution >= 0.6 is 0 Å². The lowest BCUT2D eigenvalue weighted by atomic mass is 10.1. The predicted octanol–water partition coefficient (Wildman–Crippen LogP) is 1.88. The topological polar surface area (TPSA) is 40.2 Å². The van der Waals surface area contributed by atoms with E-state index in [-0.39, 0.29) is 0 Å². The number of nitrogens with zero attached hydrogens (tertiary/aromatic N) is 1. The fraction of sp³-hybridized carbons (Fsp3) is 0.273. The summed E-state index contributed by atoms with van der Waals surface area (Å²) >= 11 is 0. The molecule has 1 aromatic heterocycles. The molecule has 1 heterocycles. The maximum absolute atomic E-state index is 5.08. The number of hydrogen-bond acceptors (Lipinski definition) is 2. The number of fused-ring (bicyclic) bond motifs is 1. The third-order valence-corrected chi connectivity index (χ3v) is 2.64. The highest BCUT2D eigenvalue weighted by atomic mass is 16.6. The summed E-state index contributed by atoms with van der Waals surface area (Å²) in [5.41, 5.74) is 3.59. The standard InChI is InChI=1S/C11H14N2O/c1-8-4-3-5-11-10(8)6-9(7-14-12)13(11)2/h3-6H,7,12H2,1-2H3. The molecule has 0 bridgehead atoms. The summed E-state index contributed by atoms with van der Waals surface area (Å²) in [6.45, 7) is 2.56. The van der Waals surface area contributed by atoms with Gasteiger partial charge < -0.3 is 4.57 Å². The van der Waals surface area contributed by atoms with Crippen molar-refractivity contribution in [3.05, 3.63) is 35.5 Å². The second kappa shape index (κ2) is 3.44. The molecular formula is C11H14N2O. The van der Waals surface area contributed by atoms with E-state index < -0.39 is 0 Å². The lowest BCUT2D eigenvalue weighted by molar-refractivity contribution is 0.119. The third-order valence-electron chi connectivity index (χ3n) is 2.64. The summed E-state index contributed by atoms with van der Waals surface area (Å²) in [7, 11) is 2.02. The number of rotatable bonds is 2. The van der Waals surface area contributed by atoms with Crippen LogP contribution in [-0.2, 0) is 18.5 Å². The van der Waals surface area contributed by atoms with Crippen molar-refractivity contribution in [2.24, 2.45) is 12.9 Å². The first-order valence-corrected chi connectivity index (χ1v) is 4.59. The Hall–Kier alpha value is -1.32. The van der Waals surface area contributed by atoms with E-state index in [0.717, 1.165) is 5.69 Å². The Bertz CT molecular complexity index is 460. The molecule has 0 saturated heterocycles. The molecule has 0 unspecified atom stereocenters. The average molecular weight is 190 g/mol. The van der Waals surface area contributed by atoms with Gasteiger partial charge in [0.1, 0.15) is 6.61 Å². The Morgan fingerprint density at radius 1 is 1.43 bits per heavy atom. The lowest BCUT2D eigenvalue weighted by Gasteiger charge is -2.01. The molecule has 0 radical (unpaired) electrons. The molecule has 2 aromatic rings. The lowest BCUT2D eigenvalue weighted by Crippen LogP contribution is -2.03. The Balaban J connectivity index is 2.67. The van der Waals surface area contributed by atoms with Crippen LogP contribution in [0.3, 0.4) is 0 Å². The van der Waals surface area contributed by atoms with Crippen molar-refractivity contribution in [2.75, 3.05) is 0 Å². The Kier molecular flexibility index (Phi) is 2.27. The zero-order valence-corrected chi connectivity index (χ0v) is 8.45. The fourth-order valence-electron chi connectivity index (χ4n) is 1.79. The fourth-order valence-corrected chi connectivity index (χ4v) is 1.79. The summed E-state index contributed by atoms with van der Waals surface area (Å²) in [6.07, 6.45) is 0. The Morgan fingerprint density at radius 2 is 2.21 bits per heavy atom. The third kappa shape index (κ3) is 1.31.